The molecule has 2 bridgehead atoms. The highest BCUT2D eigenvalue weighted by atomic mass is 33.1. The maximum atomic E-state index is 15.2. The smallest absolute Gasteiger partial charge is 0.426 e. The molecule has 3 fully saturated rings. The van der Waals surface area contributed by atoms with E-state index in [0.29, 0.717) is 63.2 Å². The van der Waals surface area contributed by atoms with Crippen molar-refractivity contribution in [2.45, 2.75) is 175 Å². The number of nitrogens with zero attached hydrogens (tertiary/aromatic N) is 3. The van der Waals surface area contributed by atoms with Crippen LogP contribution in [-0.2, 0) is 69.9 Å². The number of carbonyl (C=O) groups excluding carboxylic acids is 10. The fourth-order valence-electron chi connectivity index (χ4n) is 16.9. The Hall–Kier alpha value is -7.25. The number of carboxylic acid groups (broad SMARTS) is 1. The number of para-hydroxylation sites is 1. The molecule has 0 radical (unpaired) electrons. The van der Waals surface area contributed by atoms with Crippen molar-refractivity contribution in [1.29, 1.82) is 0 Å². The Labute approximate surface area is 606 Å². The summed E-state index contributed by atoms with van der Waals surface area (Å²) in [6.45, 7) is 9.15. The Morgan fingerprint density at radius 1 is 0.808 bits per heavy atom. The number of aliphatic hydroxyl groups is 11. The van der Waals surface area contributed by atoms with Crippen molar-refractivity contribution < 1.29 is 123 Å². The summed E-state index contributed by atoms with van der Waals surface area (Å²) in [5.74, 6) is -9.50. The maximum Gasteiger partial charge on any atom is 0.426 e. The zero-order chi connectivity index (χ0) is 77.1. The molecule has 9 rings (SSSR count). The predicted octanol–water partition coefficient (Wildman–Crippen LogP) is -2.54. The zero-order valence-electron chi connectivity index (χ0n) is 58.8. The number of aliphatic hydroxyl groups excluding tert-OH is 9. The van der Waals surface area contributed by atoms with Crippen molar-refractivity contribution in [2.75, 3.05) is 83.1 Å². The summed E-state index contributed by atoms with van der Waals surface area (Å²) in [4.78, 5) is 137. The maximum absolute atomic E-state index is 15.2. The molecule has 3 aromatic rings. The van der Waals surface area contributed by atoms with E-state index in [4.69, 9.17) is 28.7 Å². The van der Waals surface area contributed by atoms with E-state index in [1.165, 1.54) is 5.56 Å². The van der Waals surface area contributed by atoms with Gasteiger partial charge in [0.05, 0.1) is 37.9 Å². The van der Waals surface area contributed by atoms with Gasteiger partial charge in [-0.2, -0.15) is 19.2 Å². The molecular weight excluding hydrogens is 1400 g/mol. The summed E-state index contributed by atoms with van der Waals surface area (Å²) in [7, 11) is 5.37. The van der Waals surface area contributed by atoms with E-state index in [-0.39, 0.29) is 36.3 Å². The molecule has 6 aliphatic rings. The number of rotatable bonds is 29. The Balaban J connectivity index is 0.00000243. The van der Waals surface area contributed by atoms with Crippen LogP contribution in [0.1, 0.15) is 102 Å². The van der Waals surface area contributed by atoms with Crippen LogP contribution in [0.5, 0.6) is 5.75 Å². The van der Waals surface area contributed by atoms with Gasteiger partial charge in [-0.05, 0) is 81.2 Å². The number of aromatic nitrogens is 1. The first-order valence-corrected chi connectivity index (χ1v) is 36.6. The van der Waals surface area contributed by atoms with Crippen LogP contribution < -0.4 is 31.1 Å². The minimum atomic E-state index is -2.61. The molecule has 574 valence electrons. The third-order valence-corrected chi connectivity index (χ3v) is 24.2. The van der Waals surface area contributed by atoms with Crippen molar-refractivity contribution in [1.82, 2.24) is 36.3 Å². The van der Waals surface area contributed by atoms with Gasteiger partial charge in [-0.15, -0.1) is 0 Å². The van der Waals surface area contributed by atoms with Gasteiger partial charge in [-0.1, -0.05) is 72.7 Å². The molecule has 17 N–H and O–H groups in total. The normalized spacial score (nSPS) is 28.6. The molecular formula is C69H96N8O25S2. The molecule has 1 unspecified atom stereocenters. The van der Waals surface area contributed by atoms with Crippen molar-refractivity contribution in [3.63, 3.8) is 0 Å². The lowest BCUT2D eigenvalue weighted by molar-refractivity contribution is -0.204. The Bertz CT molecular complexity index is 3680. The molecule has 104 heavy (non-hydrogen) atoms. The number of Topliss-reactive ketones (excluding diaryl/α,β-unsaturated/α-hetero) is 2. The number of ether oxygens (including phenoxy) is 2. The Kier molecular flexibility index (Phi) is 28.6. The third-order valence-electron chi connectivity index (χ3n) is 21.7. The zero-order valence-corrected chi connectivity index (χ0v) is 60.4. The number of nitrogens with one attached hydrogen (secondary N) is 5. The van der Waals surface area contributed by atoms with E-state index in [9.17, 15) is 90.0 Å². The molecule has 2 saturated heterocycles. The Morgan fingerprint density at radius 2 is 1.43 bits per heavy atom. The second-order valence-corrected chi connectivity index (χ2v) is 30.6. The fraction of sp³-hybridized carbons (Fsp3) is 0.638. The first-order chi connectivity index (χ1) is 49.2. The lowest BCUT2D eigenvalue weighted by atomic mass is 9.47. The summed E-state index contributed by atoms with van der Waals surface area (Å²) in [5.41, 5.74) is 3.94. The van der Waals surface area contributed by atoms with Gasteiger partial charge >= 0.3 is 24.4 Å². The van der Waals surface area contributed by atoms with E-state index in [1.54, 1.807) is 14.2 Å². The number of carboxylic acids is 1. The minimum Gasteiger partial charge on any atom is -0.496 e. The highest BCUT2D eigenvalue weighted by Crippen LogP contribution is 2.67. The number of methoxy groups -OCH3 is 1. The number of amides is 4. The molecule has 2 aromatic carbocycles. The van der Waals surface area contributed by atoms with E-state index in [2.05, 4.69) is 61.4 Å². The number of hydrogen-bond acceptors (Lipinski definition) is 29. The van der Waals surface area contributed by atoms with Gasteiger partial charge in [0.15, 0.2) is 17.2 Å². The molecule has 1 spiro atoms. The number of ketones is 2. The number of fused-ring (bicyclic) bond motifs is 6. The highest BCUT2D eigenvalue weighted by molar-refractivity contribution is 8.76. The molecule has 1 aromatic heterocycles. The predicted molar refractivity (Wildman–Crippen MR) is 369 cm³/mol. The van der Waals surface area contributed by atoms with Crippen molar-refractivity contribution in [2.24, 2.45) is 23.2 Å². The summed E-state index contributed by atoms with van der Waals surface area (Å²) < 4.78 is 11.8. The molecule has 6 heterocycles. The molecule has 20 atom stereocenters. The van der Waals surface area contributed by atoms with Gasteiger partial charge in [0.1, 0.15) is 67.2 Å². The average Bonchev–Trinajstić information content (AvgIpc) is 1.46. The number of anilines is 1. The van der Waals surface area contributed by atoms with Crippen molar-refractivity contribution in [3.05, 3.63) is 70.9 Å². The minimum absolute atomic E-state index is 0.0120. The number of aliphatic carboxylic acids is 1. The number of hydrogen-bond donors (Lipinski definition) is 17. The number of carbonyl (C=O) groups is 7. The summed E-state index contributed by atoms with van der Waals surface area (Å²) in [5, 5.41) is 135. The number of aromatic amines is 1. The first kappa shape index (κ1) is 84.0. The third kappa shape index (κ3) is 16.8. The van der Waals surface area contributed by atoms with Crippen LogP contribution >= 0.6 is 21.6 Å². The topological polar surface area (TPSA) is 523 Å². The first-order valence-electron chi connectivity index (χ1n) is 34.1. The van der Waals surface area contributed by atoms with E-state index < -0.39 is 174 Å². The summed E-state index contributed by atoms with van der Waals surface area (Å²) in [6, 6.07) is 6.91. The second-order valence-electron chi connectivity index (χ2n) is 28.0. The van der Waals surface area contributed by atoms with Crippen LogP contribution in [0, 0.1) is 23.2 Å². The number of benzene rings is 2. The summed E-state index contributed by atoms with van der Waals surface area (Å²) >= 11 is 0. The van der Waals surface area contributed by atoms with Crippen molar-refractivity contribution >= 4 is 91.8 Å². The monoisotopic (exact) mass is 1500 g/mol. The van der Waals surface area contributed by atoms with Crippen LogP contribution in [0.25, 0.3) is 10.9 Å². The van der Waals surface area contributed by atoms with Gasteiger partial charge in [0.25, 0.3) is 5.91 Å². The number of hydrazine groups is 1. The van der Waals surface area contributed by atoms with Crippen LogP contribution in [0.15, 0.2) is 48.6 Å². The van der Waals surface area contributed by atoms with E-state index in [0.717, 1.165) is 82.7 Å². The van der Waals surface area contributed by atoms with Crippen LogP contribution in [-0.4, -0.2) is 286 Å². The lowest BCUT2D eigenvalue weighted by Crippen LogP contribution is -2.82. The largest absolute Gasteiger partial charge is 0.496 e. The van der Waals surface area contributed by atoms with Crippen LogP contribution in [0.3, 0.4) is 0 Å². The van der Waals surface area contributed by atoms with Gasteiger partial charge in [-0.3, -0.25) is 44.0 Å². The van der Waals surface area contributed by atoms with Crippen molar-refractivity contribution in [3.8, 4) is 5.75 Å². The van der Waals surface area contributed by atoms with Gasteiger partial charge in [-0.25, -0.2) is 10.2 Å². The van der Waals surface area contributed by atoms with E-state index >= 15 is 4.79 Å². The SMILES string of the molecule is CC[C@]1(O)C[C@H]2CN(CCc3c([nH]c4ccccc34)[C@@](C)(c3cc4c(cc3OC)N(C)[C@H]3[C@@](O)(C(=O)NNC(=O)OCCSSC[C@H](CC(=O)[C@@H](NC(=O)[C@H](C)CC(=O)[C@@H](NC(C)=O)[C@@H](O)[C@H](O)[C@H](O)CO)[C@@H](O)[C@H](O)[C@H](O)CO)C(=O)O)[C@H](O)[C@]5(CC)C=CCN6CC[C@]43[C@@H]65)C2)C1.O=C=O.O=C=O. The average molecular weight is 1500 g/mol. The molecule has 5 aliphatic heterocycles. The Morgan fingerprint density at radius 3 is 2.03 bits per heavy atom. The summed E-state index contributed by atoms with van der Waals surface area (Å²) in [6.07, 6.45) is -9.73. The second kappa shape index (κ2) is 35.4. The molecule has 1 saturated carbocycles. The fourth-order valence-corrected chi connectivity index (χ4v) is 19.0. The standard InChI is InChI=1S/C67H96N8O21S2.2CO2/c1-8-64(93)28-36-27-63(5,55-39(15-19-74(29-36)33-64)38-13-10-11-14-42(38)69-55)41-25-40-43(26-48(41)95-7)73(6)59-66(40)17-20-75-18-12-16-65(9-2,58(66)75)60(90)67(59,94)61(91)71-72-62(92)96-21-22-97-98-32-37(57(88)89)24-45(80)50(54(86)52(84)47(82)31-77)70-56(87)34(3)23-44(79)49(68-35(4)78)53(85)51(83)46(81)30-76;2*2-1-3/h10-14,16,25-26,34,36-37,46-47,49-54,58-60,69,76-77,81-86,90,93-94H,8-9,15,17-24,27-33H2,1-7H3,(H,68,78)(H,70,87)(H,71,91)(H,72,92)(H,88,89);;/t34-,36+,37+,46-,47-,49-,50-,51-,52-,53-,54-,58+,59-,60-,63-,64+,65-,66-,67+;;/m1../s1. The van der Waals surface area contributed by atoms with Crippen LogP contribution in [0.4, 0.5) is 10.5 Å². The number of piperidine rings is 1. The highest BCUT2D eigenvalue weighted by Gasteiger charge is 2.79. The molecule has 33 nitrogen and oxygen atoms in total. The molecule has 35 heteroatoms. The van der Waals surface area contributed by atoms with E-state index in [1.807, 2.05) is 49.1 Å². The van der Waals surface area contributed by atoms with Gasteiger partial charge in [0, 0.05) is 127 Å². The van der Waals surface area contributed by atoms with Gasteiger partial charge < -0.3 is 91.3 Å². The van der Waals surface area contributed by atoms with Gasteiger partial charge in [0.2, 0.25) is 11.8 Å². The quantitative estimate of drug-likeness (QED) is 0.0147. The number of likely N-dealkylation sites (N-methyl/N-ethyl adjacent to an activating group) is 1. The lowest BCUT2D eigenvalue weighted by Gasteiger charge is -2.63. The number of H-pyrrole nitrogens is 1. The molecule has 1 aliphatic carbocycles. The molecule has 4 amide bonds. The van der Waals surface area contributed by atoms with Crippen LogP contribution in [0.2, 0.25) is 0 Å².